The number of carbonyl (C=O) groups is 1. The number of benzene rings is 1. The van der Waals surface area contributed by atoms with Crippen molar-refractivity contribution in [2.24, 2.45) is 5.92 Å². The van der Waals surface area contributed by atoms with Gasteiger partial charge < -0.3 is 4.74 Å². The molecule has 1 fully saturated rings. The molecule has 1 N–H and O–H groups in total. The minimum atomic E-state index is -0.678. The van der Waals surface area contributed by atoms with E-state index < -0.39 is 6.04 Å². The van der Waals surface area contributed by atoms with Gasteiger partial charge >= 0.3 is 5.97 Å². The zero-order valence-electron chi connectivity index (χ0n) is 10.6. The molecule has 1 aromatic carbocycles. The van der Waals surface area contributed by atoms with Crippen molar-refractivity contribution in [2.45, 2.75) is 38.1 Å². The SMILES string of the molecule is [NH]C(C(=O)OCCc1ccccc1)C1CCCC1. The summed E-state index contributed by atoms with van der Waals surface area (Å²) in [5, 5.41) is 0. The topological polar surface area (TPSA) is 50.1 Å². The van der Waals surface area contributed by atoms with Crippen molar-refractivity contribution in [1.82, 2.24) is 5.73 Å². The number of ether oxygens (including phenoxy) is 1. The largest absolute Gasteiger partial charge is 0.464 e. The van der Waals surface area contributed by atoms with Gasteiger partial charge in [0.05, 0.1) is 6.61 Å². The number of nitrogens with one attached hydrogen (secondary N) is 1. The highest BCUT2D eigenvalue weighted by Gasteiger charge is 2.28. The molecule has 1 aromatic rings. The lowest BCUT2D eigenvalue weighted by Gasteiger charge is -2.16. The summed E-state index contributed by atoms with van der Waals surface area (Å²) in [5.41, 5.74) is 9.04. The van der Waals surface area contributed by atoms with E-state index >= 15 is 0 Å². The highest BCUT2D eigenvalue weighted by molar-refractivity contribution is 5.75. The van der Waals surface area contributed by atoms with Crippen molar-refractivity contribution in [3.05, 3.63) is 35.9 Å². The number of hydrogen-bond acceptors (Lipinski definition) is 2. The van der Waals surface area contributed by atoms with Crippen LogP contribution in [0.5, 0.6) is 0 Å². The normalized spacial score (nSPS) is 17.6. The molecule has 0 spiro atoms. The molecule has 97 valence electrons. The molecule has 0 heterocycles. The van der Waals surface area contributed by atoms with Crippen LogP contribution in [-0.2, 0) is 16.0 Å². The lowest BCUT2D eigenvalue weighted by atomic mass is 9.99. The smallest absolute Gasteiger partial charge is 0.324 e. The van der Waals surface area contributed by atoms with Crippen molar-refractivity contribution in [3.63, 3.8) is 0 Å². The van der Waals surface area contributed by atoms with E-state index in [1.165, 1.54) is 0 Å². The van der Waals surface area contributed by atoms with Gasteiger partial charge in [-0.15, -0.1) is 0 Å². The molecule has 0 amide bonds. The monoisotopic (exact) mass is 246 g/mol. The first-order valence-electron chi connectivity index (χ1n) is 6.69. The lowest BCUT2D eigenvalue weighted by Crippen LogP contribution is -2.31. The van der Waals surface area contributed by atoms with E-state index in [2.05, 4.69) is 0 Å². The highest BCUT2D eigenvalue weighted by Crippen LogP contribution is 2.27. The molecule has 2 rings (SSSR count). The molecule has 0 saturated heterocycles. The molecule has 1 atom stereocenters. The van der Waals surface area contributed by atoms with Crippen LogP contribution in [0.4, 0.5) is 0 Å². The predicted octanol–water partition coefficient (Wildman–Crippen LogP) is 2.61. The maximum atomic E-state index is 11.7. The van der Waals surface area contributed by atoms with Crippen molar-refractivity contribution >= 4 is 5.97 Å². The van der Waals surface area contributed by atoms with Gasteiger partial charge in [0, 0.05) is 6.42 Å². The first-order chi connectivity index (χ1) is 8.77. The molecule has 0 bridgehead atoms. The summed E-state index contributed by atoms with van der Waals surface area (Å²) in [7, 11) is 0. The lowest BCUT2D eigenvalue weighted by molar-refractivity contribution is -0.146. The van der Waals surface area contributed by atoms with Crippen LogP contribution in [-0.4, -0.2) is 18.6 Å². The fourth-order valence-electron chi connectivity index (χ4n) is 2.49. The van der Waals surface area contributed by atoms with Gasteiger partial charge in [0.25, 0.3) is 0 Å². The summed E-state index contributed by atoms with van der Waals surface area (Å²) < 4.78 is 5.19. The molecule has 3 nitrogen and oxygen atoms in total. The van der Waals surface area contributed by atoms with Crippen LogP contribution in [0.15, 0.2) is 30.3 Å². The standard InChI is InChI=1S/C15H20NO2/c16-14(13-8-4-5-9-13)15(17)18-11-10-12-6-2-1-3-7-12/h1-3,6-7,13-14,16H,4-5,8-11H2. The predicted molar refractivity (Wildman–Crippen MR) is 69.9 cm³/mol. The van der Waals surface area contributed by atoms with Crippen LogP contribution in [0.2, 0.25) is 0 Å². The third-order valence-corrected chi connectivity index (χ3v) is 3.60. The summed E-state index contributed by atoms with van der Waals surface area (Å²) >= 11 is 0. The van der Waals surface area contributed by atoms with Gasteiger partial charge in [0.1, 0.15) is 6.04 Å². The summed E-state index contributed by atoms with van der Waals surface area (Å²) in [5.74, 6) is -0.132. The number of esters is 1. The van der Waals surface area contributed by atoms with Crippen LogP contribution in [0.3, 0.4) is 0 Å². The molecule has 1 saturated carbocycles. The Hall–Kier alpha value is -1.35. The first kappa shape index (κ1) is 13.1. The zero-order chi connectivity index (χ0) is 12.8. The van der Waals surface area contributed by atoms with Gasteiger partial charge in [0.15, 0.2) is 0 Å². The fraction of sp³-hybridized carbons (Fsp3) is 0.533. The molecule has 0 aliphatic heterocycles. The highest BCUT2D eigenvalue weighted by atomic mass is 16.5. The second-order valence-corrected chi connectivity index (χ2v) is 4.93. The zero-order valence-corrected chi connectivity index (χ0v) is 10.6. The fourth-order valence-corrected chi connectivity index (χ4v) is 2.49. The van der Waals surface area contributed by atoms with Crippen molar-refractivity contribution in [3.8, 4) is 0 Å². The Kier molecular flexibility index (Phi) is 4.76. The van der Waals surface area contributed by atoms with Gasteiger partial charge in [0.2, 0.25) is 0 Å². The first-order valence-corrected chi connectivity index (χ1v) is 6.69. The Bertz CT molecular complexity index is 371. The minimum absolute atomic E-state index is 0.217. The van der Waals surface area contributed by atoms with Gasteiger partial charge in [-0.2, -0.15) is 0 Å². The molecule has 1 aliphatic carbocycles. The summed E-state index contributed by atoms with van der Waals surface area (Å²) in [6.45, 7) is 0.380. The van der Waals surface area contributed by atoms with E-state index in [-0.39, 0.29) is 11.9 Å². The molecule has 1 radical (unpaired) electrons. The second-order valence-electron chi connectivity index (χ2n) is 4.93. The third kappa shape index (κ3) is 3.57. The van der Waals surface area contributed by atoms with Crippen LogP contribution >= 0.6 is 0 Å². The Balaban J connectivity index is 1.71. The van der Waals surface area contributed by atoms with Crippen LogP contribution in [0, 0.1) is 5.92 Å². The Morgan fingerprint density at radius 3 is 2.61 bits per heavy atom. The van der Waals surface area contributed by atoms with E-state index in [4.69, 9.17) is 10.5 Å². The van der Waals surface area contributed by atoms with E-state index in [9.17, 15) is 4.79 Å². The van der Waals surface area contributed by atoms with Crippen molar-refractivity contribution in [1.29, 1.82) is 0 Å². The van der Waals surface area contributed by atoms with Crippen molar-refractivity contribution in [2.75, 3.05) is 6.61 Å². The molecule has 3 heteroatoms. The maximum Gasteiger partial charge on any atom is 0.324 e. The van der Waals surface area contributed by atoms with E-state index in [1.807, 2.05) is 30.3 Å². The summed E-state index contributed by atoms with van der Waals surface area (Å²) in [6.07, 6.45) is 5.03. The Morgan fingerprint density at radius 2 is 1.94 bits per heavy atom. The Morgan fingerprint density at radius 1 is 1.28 bits per heavy atom. The molecule has 1 unspecified atom stereocenters. The van der Waals surface area contributed by atoms with Crippen molar-refractivity contribution < 1.29 is 9.53 Å². The average molecular weight is 246 g/mol. The average Bonchev–Trinajstić information content (AvgIpc) is 2.93. The molecule has 18 heavy (non-hydrogen) atoms. The van der Waals surface area contributed by atoms with Crippen LogP contribution in [0.1, 0.15) is 31.2 Å². The van der Waals surface area contributed by atoms with Gasteiger partial charge in [-0.1, -0.05) is 43.2 Å². The molecule has 0 aromatic heterocycles. The quantitative estimate of drug-likeness (QED) is 0.750. The minimum Gasteiger partial charge on any atom is -0.464 e. The number of carbonyl (C=O) groups excluding carboxylic acids is 1. The molecular formula is C15H20NO2. The number of hydrogen-bond donors (Lipinski definition) is 0. The van der Waals surface area contributed by atoms with E-state index in [0.29, 0.717) is 6.61 Å². The molecular weight excluding hydrogens is 226 g/mol. The maximum absolute atomic E-state index is 11.7. The van der Waals surface area contributed by atoms with Crippen LogP contribution in [0.25, 0.3) is 0 Å². The Labute approximate surface area is 108 Å². The second kappa shape index (κ2) is 6.55. The molecule has 1 aliphatic rings. The van der Waals surface area contributed by atoms with Gasteiger partial charge in [-0.05, 0) is 24.3 Å². The summed E-state index contributed by atoms with van der Waals surface area (Å²) in [4.78, 5) is 11.7. The van der Waals surface area contributed by atoms with Crippen LogP contribution < -0.4 is 5.73 Å². The summed E-state index contributed by atoms with van der Waals surface area (Å²) in [6, 6.07) is 9.27. The third-order valence-electron chi connectivity index (χ3n) is 3.60. The van der Waals surface area contributed by atoms with E-state index in [1.54, 1.807) is 0 Å². The van der Waals surface area contributed by atoms with E-state index in [0.717, 1.165) is 37.7 Å². The number of rotatable bonds is 5. The van der Waals surface area contributed by atoms with Gasteiger partial charge in [-0.25, -0.2) is 5.73 Å². The van der Waals surface area contributed by atoms with Gasteiger partial charge in [-0.3, -0.25) is 4.79 Å².